The van der Waals surface area contributed by atoms with E-state index in [-0.39, 0.29) is 0 Å². The highest BCUT2D eigenvalue weighted by Crippen LogP contribution is 2.31. The largest absolute Gasteiger partial charge is 0.496 e. The van der Waals surface area contributed by atoms with Crippen molar-refractivity contribution in [3.8, 4) is 16.4 Å². The number of oxazole rings is 1. The Morgan fingerprint density at radius 1 is 1.59 bits per heavy atom. The smallest absolute Gasteiger partial charge is 0.208 e. The summed E-state index contributed by atoms with van der Waals surface area (Å²) in [4.78, 5) is 5.31. The summed E-state index contributed by atoms with van der Waals surface area (Å²) in [7, 11) is 1.66. The van der Waals surface area contributed by atoms with Gasteiger partial charge in [0, 0.05) is 17.5 Å². The molecule has 0 aromatic carbocycles. The summed E-state index contributed by atoms with van der Waals surface area (Å²) in [5, 5.41) is 5.33. The predicted molar refractivity (Wildman–Crippen MR) is 66.2 cm³/mol. The highest BCUT2D eigenvalue weighted by atomic mass is 32.1. The quantitative estimate of drug-likeness (QED) is 0.886. The van der Waals surface area contributed by atoms with E-state index in [9.17, 15) is 0 Å². The van der Waals surface area contributed by atoms with Crippen LogP contribution in [0.25, 0.3) is 10.6 Å². The molecule has 1 fully saturated rings. The van der Waals surface area contributed by atoms with Gasteiger partial charge < -0.3 is 14.5 Å². The molecular weight excluding hydrogens is 236 g/mol. The fourth-order valence-corrected chi connectivity index (χ4v) is 2.38. The molecule has 0 bridgehead atoms. The van der Waals surface area contributed by atoms with E-state index in [1.807, 2.05) is 11.4 Å². The summed E-state index contributed by atoms with van der Waals surface area (Å²) in [6, 6.07) is 2.63. The van der Waals surface area contributed by atoms with Crippen LogP contribution in [-0.2, 0) is 6.54 Å². The zero-order valence-electron chi connectivity index (χ0n) is 9.60. The van der Waals surface area contributed by atoms with Gasteiger partial charge in [-0.3, -0.25) is 0 Å². The third kappa shape index (κ3) is 2.50. The van der Waals surface area contributed by atoms with Gasteiger partial charge in [-0.05, 0) is 12.8 Å². The van der Waals surface area contributed by atoms with Crippen molar-refractivity contribution < 1.29 is 9.15 Å². The molecule has 0 spiro atoms. The number of ether oxygens (including phenoxy) is 1. The van der Waals surface area contributed by atoms with Gasteiger partial charge in [0.05, 0.1) is 24.7 Å². The average Bonchev–Trinajstić information content (AvgIpc) is 2.89. The van der Waals surface area contributed by atoms with Crippen LogP contribution in [0.3, 0.4) is 0 Å². The van der Waals surface area contributed by atoms with Crippen molar-refractivity contribution in [1.82, 2.24) is 10.3 Å². The number of rotatable bonds is 5. The van der Waals surface area contributed by atoms with Crippen LogP contribution in [0, 0.1) is 0 Å². The normalized spacial score (nSPS) is 15.1. The maximum absolute atomic E-state index is 5.69. The summed E-state index contributed by atoms with van der Waals surface area (Å²) in [5.41, 5.74) is 0. The Balaban J connectivity index is 1.69. The summed E-state index contributed by atoms with van der Waals surface area (Å²) in [5.74, 6) is 2.42. The predicted octanol–water partition coefficient (Wildman–Crippen LogP) is 2.66. The fraction of sp³-hybridized carbons (Fsp3) is 0.417. The van der Waals surface area contributed by atoms with E-state index in [4.69, 9.17) is 9.15 Å². The Morgan fingerprint density at radius 3 is 3.18 bits per heavy atom. The summed E-state index contributed by atoms with van der Waals surface area (Å²) >= 11 is 1.60. The van der Waals surface area contributed by atoms with Gasteiger partial charge in [0.15, 0.2) is 5.76 Å². The molecule has 0 atom stereocenters. The second-order valence-corrected chi connectivity index (χ2v) is 5.04. The van der Waals surface area contributed by atoms with Gasteiger partial charge in [0.25, 0.3) is 0 Å². The molecule has 0 amide bonds. The molecule has 0 radical (unpaired) electrons. The molecule has 1 aliphatic carbocycles. The van der Waals surface area contributed by atoms with E-state index in [0.717, 1.165) is 22.3 Å². The monoisotopic (exact) mass is 250 g/mol. The van der Waals surface area contributed by atoms with Gasteiger partial charge in [-0.2, -0.15) is 0 Å². The number of aromatic nitrogens is 1. The van der Waals surface area contributed by atoms with E-state index >= 15 is 0 Å². The van der Waals surface area contributed by atoms with Gasteiger partial charge in [0.2, 0.25) is 5.89 Å². The second-order valence-electron chi connectivity index (χ2n) is 4.12. The lowest BCUT2D eigenvalue weighted by Gasteiger charge is -1.96. The molecule has 1 saturated carbocycles. The number of hydrogen-bond donors (Lipinski definition) is 1. The van der Waals surface area contributed by atoms with Crippen LogP contribution in [0.5, 0.6) is 5.75 Å². The summed E-state index contributed by atoms with van der Waals surface area (Å²) < 4.78 is 10.8. The van der Waals surface area contributed by atoms with E-state index in [1.54, 1.807) is 24.6 Å². The highest BCUT2D eigenvalue weighted by Gasteiger charge is 2.21. The molecule has 3 rings (SSSR count). The number of hydrogen-bond acceptors (Lipinski definition) is 5. The van der Waals surface area contributed by atoms with E-state index in [1.165, 1.54) is 12.8 Å². The molecule has 2 aromatic heterocycles. The minimum atomic E-state index is 0.673. The van der Waals surface area contributed by atoms with Crippen LogP contribution >= 0.6 is 11.3 Å². The number of methoxy groups -OCH3 is 1. The number of nitrogens with zero attached hydrogens (tertiary/aromatic N) is 1. The van der Waals surface area contributed by atoms with Crippen molar-refractivity contribution in [3.63, 3.8) is 0 Å². The van der Waals surface area contributed by atoms with Crippen molar-refractivity contribution in [2.24, 2.45) is 0 Å². The van der Waals surface area contributed by atoms with E-state index in [0.29, 0.717) is 12.6 Å². The Labute approximate surface area is 104 Å². The standard InChI is InChI=1S/C12H14N2O2S/c1-15-9-4-11(17-7-9)10-5-14-12(16-10)6-13-8-2-3-8/h4-5,7-8,13H,2-3,6H2,1H3. The Hall–Kier alpha value is -1.33. The van der Waals surface area contributed by atoms with Crippen molar-refractivity contribution in [3.05, 3.63) is 23.5 Å². The lowest BCUT2D eigenvalue weighted by atomic mass is 10.4. The first-order valence-electron chi connectivity index (χ1n) is 5.66. The minimum absolute atomic E-state index is 0.673. The number of thiophene rings is 1. The molecule has 1 aliphatic rings. The molecule has 5 heteroatoms. The molecule has 90 valence electrons. The first kappa shape index (κ1) is 10.8. The van der Waals surface area contributed by atoms with Gasteiger partial charge in [-0.25, -0.2) is 4.98 Å². The van der Waals surface area contributed by atoms with Crippen LogP contribution in [0.2, 0.25) is 0 Å². The lowest BCUT2D eigenvalue weighted by molar-refractivity contribution is 0.416. The second kappa shape index (κ2) is 4.50. The lowest BCUT2D eigenvalue weighted by Crippen LogP contribution is -2.15. The van der Waals surface area contributed by atoms with Crippen molar-refractivity contribution in [1.29, 1.82) is 0 Å². The molecule has 0 unspecified atom stereocenters. The van der Waals surface area contributed by atoms with Crippen molar-refractivity contribution in [2.75, 3.05) is 7.11 Å². The third-order valence-electron chi connectivity index (χ3n) is 2.73. The summed E-state index contributed by atoms with van der Waals surface area (Å²) in [6.45, 7) is 0.715. The molecule has 0 aliphatic heterocycles. The van der Waals surface area contributed by atoms with Crippen LogP contribution in [-0.4, -0.2) is 18.1 Å². The maximum Gasteiger partial charge on any atom is 0.208 e. The van der Waals surface area contributed by atoms with E-state index in [2.05, 4.69) is 10.3 Å². The Bertz CT molecular complexity index is 502. The molecule has 2 aromatic rings. The molecule has 4 nitrogen and oxygen atoms in total. The SMILES string of the molecule is COc1csc(-c2cnc(CNC3CC3)o2)c1. The van der Waals surface area contributed by atoms with E-state index < -0.39 is 0 Å². The molecule has 1 N–H and O–H groups in total. The fourth-order valence-electron chi connectivity index (χ4n) is 1.58. The van der Waals surface area contributed by atoms with Crippen molar-refractivity contribution in [2.45, 2.75) is 25.4 Å². The van der Waals surface area contributed by atoms with Crippen molar-refractivity contribution >= 4 is 11.3 Å². The number of nitrogens with one attached hydrogen (secondary N) is 1. The van der Waals surface area contributed by atoms with Gasteiger partial charge in [-0.1, -0.05) is 0 Å². The Kier molecular flexibility index (Phi) is 2.86. The van der Waals surface area contributed by atoms with Crippen LogP contribution in [0.4, 0.5) is 0 Å². The molecular formula is C12H14N2O2S. The average molecular weight is 250 g/mol. The first-order valence-corrected chi connectivity index (χ1v) is 6.54. The van der Waals surface area contributed by atoms with Crippen LogP contribution in [0.1, 0.15) is 18.7 Å². The molecule has 17 heavy (non-hydrogen) atoms. The molecule has 0 saturated heterocycles. The zero-order chi connectivity index (χ0) is 11.7. The van der Waals surface area contributed by atoms with Gasteiger partial charge in [-0.15, -0.1) is 11.3 Å². The van der Waals surface area contributed by atoms with Gasteiger partial charge in [0.1, 0.15) is 5.75 Å². The van der Waals surface area contributed by atoms with Gasteiger partial charge >= 0.3 is 0 Å². The zero-order valence-corrected chi connectivity index (χ0v) is 10.4. The molecule has 2 heterocycles. The van der Waals surface area contributed by atoms with Crippen LogP contribution < -0.4 is 10.1 Å². The Morgan fingerprint density at radius 2 is 2.47 bits per heavy atom. The third-order valence-corrected chi connectivity index (χ3v) is 3.65. The maximum atomic E-state index is 5.69. The minimum Gasteiger partial charge on any atom is -0.496 e. The topological polar surface area (TPSA) is 47.3 Å². The highest BCUT2D eigenvalue weighted by molar-refractivity contribution is 7.13. The van der Waals surface area contributed by atoms with Crippen LogP contribution in [0.15, 0.2) is 22.1 Å². The first-order chi connectivity index (χ1) is 8.35. The summed E-state index contributed by atoms with van der Waals surface area (Å²) in [6.07, 6.45) is 4.32.